The molecule has 0 atom stereocenters. The monoisotopic (exact) mass is 284 g/mol. The summed E-state index contributed by atoms with van der Waals surface area (Å²) < 4.78 is 6.66. The Bertz CT molecular complexity index is 590. The highest BCUT2D eigenvalue weighted by atomic mass is 16.5. The minimum absolute atomic E-state index is 0.0686. The summed E-state index contributed by atoms with van der Waals surface area (Å²) in [5.41, 5.74) is -2.37. The normalized spacial score (nSPS) is 16.7. The number of carboxylic acids is 1. The van der Waals surface area contributed by atoms with Gasteiger partial charge >= 0.3 is 5.97 Å². The van der Waals surface area contributed by atoms with E-state index in [2.05, 4.69) is 4.98 Å². The molecule has 3 N–H and O–H groups in total. The van der Waals surface area contributed by atoms with Crippen molar-refractivity contribution in [2.24, 2.45) is 7.05 Å². The first-order chi connectivity index (χ1) is 9.43. The van der Waals surface area contributed by atoms with Gasteiger partial charge in [-0.3, -0.25) is 9.36 Å². The molecule has 1 aliphatic rings. The van der Waals surface area contributed by atoms with Crippen LogP contribution in [0.1, 0.15) is 35.6 Å². The van der Waals surface area contributed by atoms with Crippen LogP contribution in [0.2, 0.25) is 0 Å². The van der Waals surface area contributed by atoms with Gasteiger partial charge in [0.1, 0.15) is 11.4 Å². The van der Waals surface area contributed by atoms with Gasteiger partial charge in [0.2, 0.25) is 5.75 Å². The van der Waals surface area contributed by atoms with Crippen LogP contribution < -0.4 is 5.56 Å². The lowest BCUT2D eigenvalue weighted by atomic mass is 9.79. The molecule has 1 saturated carbocycles. The molecule has 0 radical (unpaired) electrons. The van der Waals surface area contributed by atoms with Crippen LogP contribution in [0.4, 0.5) is 0 Å². The highest BCUT2D eigenvalue weighted by molar-refractivity contribution is 5.88. The average Bonchev–Trinajstić information content (AvgIpc) is 2.36. The van der Waals surface area contributed by atoms with Crippen molar-refractivity contribution in [3.63, 3.8) is 0 Å². The van der Waals surface area contributed by atoms with E-state index in [0.717, 1.165) is 11.0 Å². The maximum atomic E-state index is 11.9. The largest absolute Gasteiger partial charge is 0.501 e. The van der Waals surface area contributed by atoms with E-state index in [-0.39, 0.29) is 19.0 Å². The summed E-state index contributed by atoms with van der Waals surface area (Å²) in [4.78, 5) is 26.8. The molecule has 8 heteroatoms. The molecule has 1 aliphatic carbocycles. The SMILES string of the molecule is Cn1c(C2(OCCO)CCC2)nc(C(=O)O)c(O)c1=O. The number of aromatic hydroxyl groups is 1. The number of carbonyl (C=O) groups is 1. The molecule has 1 fully saturated rings. The quantitative estimate of drug-likeness (QED) is 0.670. The molecular formula is C12H16N2O6. The highest BCUT2D eigenvalue weighted by Gasteiger charge is 2.44. The topological polar surface area (TPSA) is 122 Å². The maximum Gasteiger partial charge on any atom is 0.358 e. The number of aromatic nitrogens is 2. The smallest absolute Gasteiger partial charge is 0.358 e. The summed E-state index contributed by atoms with van der Waals surface area (Å²) >= 11 is 0. The van der Waals surface area contributed by atoms with Gasteiger partial charge in [0.15, 0.2) is 5.69 Å². The fourth-order valence-corrected chi connectivity index (χ4v) is 2.32. The summed E-state index contributed by atoms with van der Waals surface area (Å²) in [7, 11) is 1.40. The Kier molecular flexibility index (Phi) is 3.78. The molecule has 0 amide bonds. The number of rotatable bonds is 5. The molecule has 0 bridgehead atoms. The van der Waals surface area contributed by atoms with Crippen molar-refractivity contribution in [1.82, 2.24) is 9.55 Å². The van der Waals surface area contributed by atoms with Crippen LogP contribution in [0.5, 0.6) is 5.75 Å². The van der Waals surface area contributed by atoms with Crippen molar-refractivity contribution in [2.75, 3.05) is 13.2 Å². The second kappa shape index (κ2) is 5.22. The minimum atomic E-state index is -1.47. The van der Waals surface area contributed by atoms with Crippen molar-refractivity contribution in [3.8, 4) is 5.75 Å². The molecule has 0 aromatic carbocycles. The number of nitrogens with zero attached hydrogens (tertiary/aromatic N) is 2. The van der Waals surface area contributed by atoms with E-state index < -0.39 is 28.6 Å². The van der Waals surface area contributed by atoms with E-state index in [0.29, 0.717) is 12.8 Å². The Labute approximate surface area is 114 Å². The molecular weight excluding hydrogens is 268 g/mol. The number of carboxylic acid groups (broad SMARTS) is 1. The van der Waals surface area contributed by atoms with Gasteiger partial charge < -0.3 is 20.1 Å². The number of aromatic carboxylic acids is 1. The van der Waals surface area contributed by atoms with Crippen LogP contribution in [-0.2, 0) is 17.4 Å². The van der Waals surface area contributed by atoms with Gasteiger partial charge in [0.05, 0.1) is 13.2 Å². The zero-order valence-corrected chi connectivity index (χ0v) is 11.0. The number of ether oxygens (including phenoxy) is 1. The molecule has 8 nitrogen and oxygen atoms in total. The first kappa shape index (κ1) is 14.5. The lowest BCUT2D eigenvalue weighted by Gasteiger charge is -2.41. The number of hydrogen-bond acceptors (Lipinski definition) is 6. The van der Waals surface area contributed by atoms with Gasteiger partial charge in [-0.15, -0.1) is 0 Å². The van der Waals surface area contributed by atoms with Gasteiger partial charge in [0, 0.05) is 7.05 Å². The van der Waals surface area contributed by atoms with Crippen LogP contribution in [0, 0.1) is 0 Å². The Balaban J connectivity index is 2.56. The van der Waals surface area contributed by atoms with Crippen LogP contribution >= 0.6 is 0 Å². The third-order valence-corrected chi connectivity index (χ3v) is 3.51. The van der Waals surface area contributed by atoms with Gasteiger partial charge in [-0.25, -0.2) is 9.78 Å². The molecule has 0 unspecified atom stereocenters. The van der Waals surface area contributed by atoms with E-state index in [1.54, 1.807) is 0 Å². The minimum Gasteiger partial charge on any atom is -0.501 e. The fourth-order valence-electron chi connectivity index (χ4n) is 2.32. The van der Waals surface area contributed by atoms with Crippen LogP contribution in [0.25, 0.3) is 0 Å². The third kappa shape index (κ3) is 2.16. The number of hydrogen-bond donors (Lipinski definition) is 3. The zero-order chi connectivity index (χ0) is 14.9. The molecule has 0 saturated heterocycles. The molecule has 1 heterocycles. The summed E-state index contributed by atoms with van der Waals surface area (Å²) in [5.74, 6) is -2.20. The summed E-state index contributed by atoms with van der Waals surface area (Å²) in [5, 5.41) is 27.4. The third-order valence-electron chi connectivity index (χ3n) is 3.51. The zero-order valence-electron chi connectivity index (χ0n) is 11.0. The molecule has 0 spiro atoms. The van der Waals surface area contributed by atoms with Crippen molar-refractivity contribution < 1.29 is 24.9 Å². The van der Waals surface area contributed by atoms with Crippen molar-refractivity contribution in [3.05, 3.63) is 21.9 Å². The summed E-state index contributed by atoms with van der Waals surface area (Å²) in [6.07, 6.45) is 2.01. The Morgan fingerprint density at radius 3 is 2.60 bits per heavy atom. The fraction of sp³-hybridized carbons (Fsp3) is 0.583. The summed E-state index contributed by atoms with van der Waals surface area (Å²) in [6.45, 7) is -0.112. The number of aliphatic hydroxyl groups is 1. The average molecular weight is 284 g/mol. The second-order valence-corrected chi connectivity index (χ2v) is 4.72. The molecule has 0 aliphatic heterocycles. The van der Waals surface area contributed by atoms with E-state index in [4.69, 9.17) is 14.9 Å². The van der Waals surface area contributed by atoms with Crippen molar-refractivity contribution in [2.45, 2.75) is 24.9 Å². The van der Waals surface area contributed by atoms with Gasteiger partial charge in [0.25, 0.3) is 5.56 Å². The highest BCUT2D eigenvalue weighted by Crippen LogP contribution is 2.43. The molecule has 2 rings (SSSR count). The molecule has 1 aromatic rings. The molecule has 110 valence electrons. The Hall–Kier alpha value is -1.93. The van der Waals surface area contributed by atoms with E-state index in [1.807, 2.05) is 0 Å². The number of aliphatic hydroxyl groups excluding tert-OH is 1. The Morgan fingerprint density at radius 2 is 2.15 bits per heavy atom. The summed E-state index contributed by atoms with van der Waals surface area (Å²) in [6, 6.07) is 0. The predicted molar refractivity (Wildman–Crippen MR) is 66.7 cm³/mol. The van der Waals surface area contributed by atoms with Gasteiger partial charge in [-0.2, -0.15) is 0 Å². The first-order valence-corrected chi connectivity index (χ1v) is 6.21. The molecule has 20 heavy (non-hydrogen) atoms. The second-order valence-electron chi connectivity index (χ2n) is 4.72. The van der Waals surface area contributed by atoms with Crippen LogP contribution in [0.15, 0.2) is 4.79 Å². The van der Waals surface area contributed by atoms with Crippen LogP contribution in [-0.4, -0.2) is 44.1 Å². The Morgan fingerprint density at radius 1 is 1.50 bits per heavy atom. The van der Waals surface area contributed by atoms with Crippen molar-refractivity contribution in [1.29, 1.82) is 0 Å². The standard InChI is InChI=1S/C12H16N2O6/c1-14-9(17)8(16)7(10(18)19)13-11(14)12(3-2-4-12)20-6-5-15/h15-16H,2-6H2,1H3,(H,18,19). The van der Waals surface area contributed by atoms with Crippen molar-refractivity contribution >= 4 is 5.97 Å². The van der Waals surface area contributed by atoms with E-state index >= 15 is 0 Å². The van der Waals surface area contributed by atoms with Gasteiger partial charge in [-0.1, -0.05) is 0 Å². The molecule has 1 aromatic heterocycles. The van der Waals surface area contributed by atoms with Gasteiger partial charge in [-0.05, 0) is 19.3 Å². The predicted octanol–water partition coefficient (Wildman–Crippen LogP) is -0.428. The lowest BCUT2D eigenvalue weighted by molar-refractivity contribution is -0.122. The van der Waals surface area contributed by atoms with E-state index in [1.165, 1.54) is 7.05 Å². The van der Waals surface area contributed by atoms with E-state index in [9.17, 15) is 14.7 Å². The van der Waals surface area contributed by atoms with Crippen LogP contribution in [0.3, 0.4) is 0 Å². The lowest BCUT2D eigenvalue weighted by Crippen LogP contribution is -2.44. The first-order valence-electron chi connectivity index (χ1n) is 6.21. The maximum absolute atomic E-state index is 11.9.